The third kappa shape index (κ3) is 3.62. The lowest BCUT2D eigenvalue weighted by molar-refractivity contribution is -0.402. The number of benzene rings is 1. The van der Waals surface area contributed by atoms with E-state index in [1.54, 1.807) is 6.07 Å². The van der Waals surface area contributed by atoms with Crippen LogP contribution in [0.2, 0.25) is 0 Å². The van der Waals surface area contributed by atoms with Crippen molar-refractivity contribution in [3.05, 3.63) is 52.3 Å². The summed E-state index contributed by atoms with van der Waals surface area (Å²) in [6.07, 6.45) is 0. The van der Waals surface area contributed by atoms with E-state index in [0.29, 0.717) is 12.4 Å². The SMILES string of the molecule is CCOc1ccc(N=C2SC(c3ccc([N+](=O)[O-])o3)N(C)N2C)cc1. The molecule has 0 saturated carbocycles. The summed E-state index contributed by atoms with van der Waals surface area (Å²) in [6, 6.07) is 10.5. The maximum absolute atomic E-state index is 10.8. The van der Waals surface area contributed by atoms with Gasteiger partial charge in [0.25, 0.3) is 0 Å². The number of amidine groups is 1. The summed E-state index contributed by atoms with van der Waals surface area (Å²) in [5, 5.41) is 15.2. The predicted molar refractivity (Wildman–Crippen MR) is 95.9 cm³/mol. The van der Waals surface area contributed by atoms with Gasteiger partial charge >= 0.3 is 5.88 Å². The summed E-state index contributed by atoms with van der Waals surface area (Å²) in [4.78, 5) is 14.9. The Bertz CT molecular complexity index is 790. The van der Waals surface area contributed by atoms with Crippen LogP contribution in [0.25, 0.3) is 0 Å². The van der Waals surface area contributed by atoms with Crippen LogP contribution in [0.1, 0.15) is 18.1 Å². The van der Waals surface area contributed by atoms with Crippen LogP contribution in [-0.4, -0.2) is 40.8 Å². The predicted octanol–water partition coefficient (Wildman–Crippen LogP) is 3.80. The minimum absolute atomic E-state index is 0.208. The van der Waals surface area contributed by atoms with Crippen molar-refractivity contribution in [1.29, 1.82) is 0 Å². The van der Waals surface area contributed by atoms with Gasteiger partial charge in [-0.1, -0.05) is 11.8 Å². The Morgan fingerprint density at radius 3 is 2.60 bits per heavy atom. The maximum atomic E-state index is 10.8. The molecule has 1 aromatic heterocycles. The number of nitro groups is 1. The summed E-state index contributed by atoms with van der Waals surface area (Å²) in [5.74, 6) is 1.06. The largest absolute Gasteiger partial charge is 0.494 e. The third-order valence-electron chi connectivity index (χ3n) is 3.71. The molecule has 1 atom stereocenters. The normalized spacial score (nSPS) is 19.6. The smallest absolute Gasteiger partial charge is 0.433 e. The van der Waals surface area contributed by atoms with Gasteiger partial charge in [-0.3, -0.25) is 15.1 Å². The van der Waals surface area contributed by atoms with E-state index < -0.39 is 4.92 Å². The summed E-state index contributed by atoms with van der Waals surface area (Å²) in [6.45, 7) is 2.56. The number of furan rings is 1. The fourth-order valence-corrected chi connectivity index (χ4v) is 3.53. The minimum Gasteiger partial charge on any atom is -0.494 e. The van der Waals surface area contributed by atoms with Crippen molar-refractivity contribution in [1.82, 2.24) is 10.0 Å². The van der Waals surface area contributed by atoms with Gasteiger partial charge in [0.15, 0.2) is 5.17 Å². The Morgan fingerprint density at radius 1 is 1.28 bits per heavy atom. The summed E-state index contributed by atoms with van der Waals surface area (Å²) in [5.41, 5.74) is 0.803. The van der Waals surface area contributed by atoms with Gasteiger partial charge in [0.05, 0.1) is 18.4 Å². The number of hydrogen-bond acceptors (Lipinski definition) is 7. The van der Waals surface area contributed by atoms with Crippen LogP contribution < -0.4 is 4.74 Å². The molecule has 132 valence electrons. The molecule has 25 heavy (non-hydrogen) atoms. The Balaban J connectivity index is 1.79. The van der Waals surface area contributed by atoms with E-state index in [2.05, 4.69) is 4.99 Å². The second kappa shape index (κ2) is 7.16. The molecule has 8 nitrogen and oxygen atoms in total. The fraction of sp³-hybridized carbons (Fsp3) is 0.312. The molecule has 2 heterocycles. The molecule has 3 rings (SSSR count). The molecule has 1 aromatic carbocycles. The molecule has 1 aliphatic rings. The molecule has 9 heteroatoms. The molecule has 1 unspecified atom stereocenters. The zero-order valence-electron chi connectivity index (χ0n) is 14.1. The molecule has 0 spiro atoms. The number of hydrazine groups is 1. The molecule has 0 amide bonds. The standard InChI is InChI=1S/C16H18N4O4S/c1-4-23-12-7-5-11(6-8-12)17-16-19(3)18(2)15(25-16)13-9-10-14(24-13)20(21)22/h5-10,15H,4H2,1-3H3. The highest BCUT2D eigenvalue weighted by molar-refractivity contribution is 8.14. The fourth-order valence-electron chi connectivity index (χ4n) is 2.35. The van der Waals surface area contributed by atoms with Crippen LogP contribution in [0.3, 0.4) is 0 Å². The van der Waals surface area contributed by atoms with Gasteiger partial charge in [0.2, 0.25) is 0 Å². The lowest BCUT2D eigenvalue weighted by Gasteiger charge is -2.22. The first kappa shape index (κ1) is 17.3. The first-order valence-corrected chi connectivity index (χ1v) is 8.56. The second-order valence-electron chi connectivity index (χ2n) is 5.32. The van der Waals surface area contributed by atoms with Crippen molar-refractivity contribution in [3.63, 3.8) is 0 Å². The number of aliphatic imine (C=N–C) groups is 1. The van der Waals surface area contributed by atoms with E-state index in [9.17, 15) is 10.1 Å². The van der Waals surface area contributed by atoms with Crippen molar-refractivity contribution in [2.45, 2.75) is 12.3 Å². The average Bonchev–Trinajstić information content (AvgIpc) is 3.18. The van der Waals surface area contributed by atoms with Crippen molar-refractivity contribution >= 4 is 28.5 Å². The van der Waals surface area contributed by atoms with E-state index >= 15 is 0 Å². The van der Waals surface area contributed by atoms with Crippen LogP contribution in [0.5, 0.6) is 5.75 Å². The Morgan fingerprint density at radius 2 is 2.00 bits per heavy atom. The lowest BCUT2D eigenvalue weighted by Crippen LogP contribution is -2.33. The maximum Gasteiger partial charge on any atom is 0.433 e. The molecule has 1 aliphatic heterocycles. The molecule has 0 N–H and O–H groups in total. The van der Waals surface area contributed by atoms with Crippen molar-refractivity contribution in [3.8, 4) is 5.75 Å². The zero-order chi connectivity index (χ0) is 18.0. The summed E-state index contributed by atoms with van der Waals surface area (Å²) >= 11 is 1.47. The van der Waals surface area contributed by atoms with E-state index in [1.165, 1.54) is 17.8 Å². The van der Waals surface area contributed by atoms with Crippen molar-refractivity contribution in [2.75, 3.05) is 20.7 Å². The van der Waals surface area contributed by atoms with Crippen LogP contribution >= 0.6 is 11.8 Å². The van der Waals surface area contributed by atoms with Gasteiger partial charge in [-0.15, -0.1) is 0 Å². The highest BCUT2D eigenvalue weighted by atomic mass is 32.2. The van der Waals surface area contributed by atoms with Crippen LogP contribution in [-0.2, 0) is 0 Å². The Hall–Kier alpha value is -2.52. The van der Waals surface area contributed by atoms with E-state index in [-0.39, 0.29) is 11.3 Å². The third-order valence-corrected chi connectivity index (χ3v) is 5.04. The van der Waals surface area contributed by atoms with Gasteiger partial charge in [-0.25, -0.2) is 10.0 Å². The highest BCUT2D eigenvalue weighted by Crippen LogP contribution is 2.42. The number of nitrogens with zero attached hydrogens (tertiary/aromatic N) is 4. The molecule has 1 saturated heterocycles. The zero-order valence-corrected chi connectivity index (χ0v) is 14.9. The lowest BCUT2D eigenvalue weighted by atomic mass is 10.3. The van der Waals surface area contributed by atoms with Crippen LogP contribution in [0.15, 0.2) is 45.8 Å². The van der Waals surface area contributed by atoms with E-state index in [0.717, 1.165) is 16.6 Å². The average molecular weight is 362 g/mol. The summed E-state index contributed by atoms with van der Waals surface area (Å²) in [7, 11) is 3.77. The molecule has 1 fully saturated rings. The number of ether oxygens (including phenoxy) is 1. The Kier molecular flexibility index (Phi) is 4.95. The van der Waals surface area contributed by atoms with Crippen LogP contribution in [0, 0.1) is 10.1 Å². The first-order valence-electron chi connectivity index (χ1n) is 7.68. The molecular formula is C16H18N4O4S. The van der Waals surface area contributed by atoms with Crippen molar-refractivity contribution in [2.24, 2.45) is 4.99 Å². The minimum atomic E-state index is -0.540. The van der Waals surface area contributed by atoms with Gasteiger partial charge in [0, 0.05) is 14.1 Å². The first-order chi connectivity index (χ1) is 12.0. The van der Waals surface area contributed by atoms with Crippen molar-refractivity contribution < 1.29 is 14.1 Å². The van der Waals surface area contributed by atoms with E-state index in [4.69, 9.17) is 9.15 Å². The van der Waals surface area contributed by atoms with Gasteiger partial charge in [-0.2, -0.15) is 0 Å². The second-order valence-corrected chi connectivity index (χ2v) is 6.37. The highest BCUT2D eigenvalue weighted by Gasteiger charge is 2.36. The molecule has 0 bridgehead atoms. The van der Waals surface area contributed by atoms with Crippen LogP contribution in [0.4, 0.5) is 11.6 Å². The van der Waals surface area contributed by atoms with Gasteiger partial charge in [-0.05, 0) is 37.3 Å². The molecular weight excluding hydrogens is 344 g/mol. The van der Waals surface area contributed by atoms with E-state index in [1.807, 2.05) is 55.3 Å². The number of rotatable bonds is 5. The number of hydrogen-bond donors (Lipinski definition) is 0. The number of thioether (sulfide) groups is 1. The van der Waals surface area contributed by atoms with Gasteiger partial charge in [0.1, 0.15) is 21.8 Å². The molecule has 0 aliphatic carbocycles. The monoisotopic (exact) mass is 362 g/mol. The Labute approximate surface area is 149 Å². The quantitative estimate of drug-likeness (QED) is 0.591. The van der Waals surface area contributed by atoms with Gasteiger partial charge < -0.3 is 9.15 Å². The summed E-state index contributed by atoms with van der Waals surface area (Å²) < 4.78 is 10.8. The molecule has 2 aromatic rings. The topological polar surface area (TPSA) is 84.3 Å². The molecule has 0 radical (unpaired) electrons.